The Hall–Kier alpha value is -2.14. The molecule has 0 spiro atoms. The number of carbonyl (C=O) groups excluding carboxylic acids is 1. The fraction of sp³-hybridized carbons (Fsp3) is 0.409. The first-order valence-corrected chi connectivity index (χ1v) is 12.1. The van der Waals surface area contributed by atoms with Crippen LogP contribution in [0.25, 0.3) is 0 Å². The van der Waals surface area contributed by atoms with Gasteiger partial charge in [0.2, 0.25) is 10.0 Å². The van der Waals surface area contributed by atoms with E-state index in [0.29, 0.717) is 17.9 Å². The SMILES string of the molecule is COCCN(C1CCN(C(=O)c2ccc(C(F)(F)F)cc2)CC1)S(=O)(=O)c1ccc(Cl)cc1. The largest absolute Gasteiger partial charge is 0.416 e. The van der Waals surface area contributed by atoms with Crippen molar-refractivity contribution in [1.29, 1.82) is 0 Å². The minimum atomic E-state index is -4.47. The number of halogens is 4. The summed E-state index contributed by atoms with van der Waals surface area (Å²) in [7, 11) is -2.33. The van der Waals surface area contributed by atoms with Crippen LogP contribution < -0.4 is 0 Å². The van der Waals surface area contributed by atoms with Crippen LogP contribution in [-0.4, -0.2) is 62.9 Å². The van der Waals surface area contributed by atoms with Crippen LogP contribution in [-0.2, 0) is 20.9 Å². The number of piperidine rings is 1. The molecule has 1 saturated heterocycles. The van der Waals surface area contributed by atoms with Crippen LogP contribution in [0, 0.1) is 0 Å². The van der Waals surface area contributed by atoms with Gasteiger partial charge in [-0.2, -0.15) is 17.5 Å². The number of amides is 1. The Morgan fingerprint density at radius 2 is 1.67 bits per heavy atom. The number of benzene rings is 2. The van der Waals surface area contributed by atoms with Crippen LogP contribution in [0.5, 0.6) is 0 Å². The van der Waals surface area contributed by atoms with Crippen molar-refractivity contribution < 1.29 is 31.1 Å². The van der Waals surface area contributed by atoms with Crippen molar-refractivity contribution in [2.24, 2.45) is 0 Å². The summed E-state index contributed by atoms with van der Waals surface area (Å²) in [4.78, 5) is 14.4. The van der Waals surface area contributed by atoms with Crippen molar-refractivity contribution in [2.75, 3.05) is 33.4 Å². The van der Waals surface area contributed by atoms with Crippen LogP contribution >= 0.6 is 11.6 Å². The number of nitrogens with zero attached hydrogens (tertiary/aromatic N) is 2. The zero-order chi connectivity index (χ0) is 24.2. The summed E-state index contributed by atoms with van der Waals surface area (Å²) in [6.07, 6.45) is -3.69. The molecule has 33 heavy (non-hydrogen) atoms. The van der Waals surface area contributed by atoms with Crippen LogP contribution in [0.15, 0.2) is 53.4 Å². The molecule has 0 saturated carbocycles. The van der Waals surface area contributed by atoms with Crippen molar-refractivity contribution in [3.8, 4) is 0 Å². The highest BCUT2D eigenvalue weighted by Gasteiger charge is 2.35. The van der Waals surface area contributed by atoms with Gasteiger partial charge < -0.3 is 9.64 Å². The number of ether oxygens (including phenoxy) is 1. The molecule has 180 valence electrons. The monoisotopic (exact) mass is 504 g/mol. The maximum atomic E-state index is 13.3. The van der Waals surface area contributed by atoms with Gasteiger partial charge in [0, 0.05) is 43.4 Å². The molecule has 0 bridgehead atoms. The summed E-state index contributed by atoms with van der Waals surface area (Å²) >= 11 is 5.88. The second-order valence-electron chi connectivity index (χ2n) is 7.66. The average molecular weight is 505 g/mol. The highest BCUT2D eigenvalue weighted by molar-refractivity contribution is 7.89. The molecule has 1 fully saturated rings. The number of hydrogen-bond acceptors (Lipinski definition) is 4. The van der Waals surface area contributed by atoms with E-state index in [4.69, 9.17) is 16.3 Å². The molecular formula is C22H24ClF3N2O4S. The normalized spacial score (nSPS) is 15.8. The number of likely N-dealkylation sites (tertiary alicyclic amines) is 1. The van der Waals surface area contributed by atoms with Crippen molar-refractivity contribution >= 4 is 27.5 Å². The Labute approximate surface area is 195 Å². The molecule has 1 amide bonds. The van der Waals surface area contributed by atoms with Gasteiger partial charge in [-0.3, -0.25) is 4.79 Å². The number of alkyl halides is 3. The van der Waals surface area contributed by atoms with E-state index in [2.05, 4.69) is 0 Å². The molecule has 2 aromatic carbocycles. The summed E-state index contributed by atoms with van der Waals surface area (Å²) in [6, 6.07) is 9.64. The first kappa shape index (κ1) is 25.5. The van der Waals surface area contributed by atoms with E-state index in [1.165, 1.54) is 40.6 Å². The lowest BCUT2D eigenvalue weighted by Crippen LogP contribution is -2.49. The summed E-state index contributed by atoms with van der Waals surface area (Å²) in [6.45, 7) is 0.921. The highest BCUT2D eigenvalue weighted by Crippen LogP contribution is 2.30. The minimum absolute atomic E-state index is 0.117. The Bertz CT molecular complexity index is 1050. The van der Waals surface area contributed by atoms with Gasteiger partial charge in [-0.25, -0.2) is 8.42 Å². The summed E-state index contributed by atoms with van der Waals surface area (Å²) in [5.41, 5.74) is -0.662. The number of methoxy groups -OCH3 is 1. The molecule has 1 heterocycles. The number of sulfonamides is 1. The van der Waals surface area contributed by atoms with Crippen LogP contribution in [0.4, 0.5) is 13.2 Å². The Kier molecular flexibility index (Phi) is 8.04. The first-order valence-electron chi connectivity index (χ1n) is 10.3. The lowest BCUT2D eigenvalue weighted by molar-refractivity contribution is -0.137. The van der Waals surface area contributed by atoms with E-state index >= 15 is 0 Å². The summed E-state index contributed by atoms with van der Waals surface area (Å²) in [5.74, 6) is -0.383. The molecule has 0 radical (unpaired) electrons. The maximum Gasteiger partial charge on any atom is 0.416 e. The minimum Gasteiger partial charge on any atom is -0.383 e. The second kappa shape index (κ2) is 10.4. The molecule has 3 rings (SSSR count). The van der Waals surface area contributed by atoms with E-state index in [0.717, 1.165) is 24.3 Å². The zero-order valence-corrected chi connectivity index (χ0v) is 19.5. The molecule has 0 aromatic heterocycles. The van der Waals surface area contributed by atoms with Crippen molar-refractivity contribution in [2.45, 2.75) is 30.0 Å². The third-order valence-corrected chi connectivity index (χ3v) is 7.77. The van der Waals surface area contributed by atoms with Gasteiger partial charge in [0.05, 0.1) is 17.1 Å². The van der Waals surface area contributed by atoms with Crippen molar-refractivity contribution in [3.05, 3.63) is 64.7 Å². The van der Waals surface area contributed by atoms with Gasteiger partial charge in [-0.1, -0.05) is 11.6 Å². The summed E-state index contributed by atoms with van der Waals surface area (Å²) in [5, 5.41) is 0.424. The van der Waals surface area contributed by atoms with Crippen LogP contribution in [0.1, 0.15) is 28.8 Å². The van der Waals surface area contributed by atoms with Crippen LogP contribution in [0.2, 0.25) is 5.02 Å². The van der Waals surface area contributed by atoms with Gasteiger partial charge in [-0.15, -0.1) is 0 Å². The number of hydrogen-bond donors (Lipinski definition) is 0. The topological polar surface area (TPSA) is 66.9 Å². The molecule has 0 unspecified atom stereocenters. The molecule has 0 aliphatic carbocycles. The molecular weight excluding hydrogens is 481 g/mol. The van der Waals surface area contributed by atoms with E-state index in [9.17, 15) is 26.4 Å². The fourth-order valence-electron chi connectivity index (χ4n) is 3.76. The zero-order valence-electron chi connectivity index (χ0n) is 17.9. The second-order valence-corrected chi connectivity index (χ2v) is 9.99. The number of carbonyl (C=O) groups is 1. The highest BCUT2D eigenvalue weighted by atomic mass is 35.5. The number of rotatable bonds is 7. The quantitative estimate of drug-likeness (QED) is 0.564. The first-order chi connectivity index (χ1) is 15.5. The smallest absolute Gasteiger partial charge is 0.383 e. The fourth-order valence-corrected chi connectivity index (χ4v) is 5.56. The third kappa shape index (κ3) is 6.06. The lowest BCUT2D eigenvalue weighted by Gasteiger charge is -2.37. The molecule has 1 aliphatic rings. The average Bonchev–Trinajstić information content (AvgIpc) is 2.79. The van der Waals surface area contributed by atoms with E-state index < -0.39 is 21.8 Å². The van der Waals surface area contributed by atoms with Gasteiger partial charge >= 0.3 is 6.18 Å². The van der Waals surface area contributed by atoms with Gasteiger partial charge in [0.25, 0.3) is 5.91 Å². The lowest BCUT2D eigenvalue weighted by atomic mass is 10.0. The van der Waals surface area contributed by atoms with Gasteiger partial charge in [-0.05, 0) is 61.4 Å². The van der Waals surface area contributed by atoms with Crippen molar-refractivity contribution in [3.63, 3.8) is 0 Å². The molecule has 1 aliphatic heterocycles. The van der Waals surface area contributed by atoms with E-state index in [-0.39, 0.29) is 48.6 Å². The molecule has 0 atom stereocenters. The Morgan fingerprint density at radius 1 is 1.09 bits per heavy atom. The standard InChI is InChI=1S/C22H24ClF3N2O4S/c1-32-15-14-28(33(30,31)20-8-6-18(23)7-9-20)19-10-12-27(13-11-19)21(29)16-2-4-17(5-3-16)22(24,25)26/h2-9,19H,10-15H2,1H3. The Morgan fingerprint density at radius 3 is 2.18 bits per heavy atom. The molecule has 2 aromatic rings. The molecule has 6 nitrogen and oxygen atoms in total. The summed E-state index contributed by atoms with van der Waals surface area (Å²) < 4.78 is 71.3. The predicted octanol–water partition coefficient (Wildman–Crippen LogP) is 4.30. The molecule has 0 N–H and O–H groups in total. The van der Waals surface area contributed by atoms with E-state index in [1.54, 1.807) is 0 Å². The van der Waals surface area contributed by atoms with Crippen LogP contribution in [0.3, 0.4) is 0 Å². The Balaban J connectivity index is 1.71. The van der Waals surface area contributed by atoms with Gasteiger partial charge in [0.1, 0.15) is 0 Å². The predicted molar refractivity (Wildman–Crippen MR) is 118 cm³/mol. The third-order valence-electron chi connectivity index (χ3n) is 5.55. The van der Waals surface area contributed by atoms with Crippen molar-refractivity contribution in [1.82, 2.24) is 9.21 Å². The van der Waals surface area contributed by atoms with Gasteiger partial charge in [0.15, 0.2) is 0 Å². The van der Waals surface area contributed by atoms with E-state index in [1.807, 2.05) is 0 Å². The molecule has 11 heteroatoms. The maximum absolute atomic E-state index is 13.3.